The van der Waals surface area contributed by atoms with Gasteiger partial charge in [0.2, 0.25) is 5.91 Å². The smallest absolute Gasteiger partial charge is 0.257 e. The van der Waals surface area contributed by atoms with Gasteiger partial charge in [0.1, 0.15) is 5.54 Å². The molecule has 0 saturated heterocycles. The van der Waals surface area contributed by atoms with Gasteiger partial charge in [0.05, 0.1) is 19.1 Å². The van der Waals surface area contributed by atoms with Crippen LogP contribution in [0.15, 0.2) is 70.8 Å². The first-order chi connectivity index (χ1) is 17.7. The van der Waals surface area contributed by atoms with Gasteiger partial charge in [-0.2, -0.15) is 0 Å². The maximum absolute atomic E-state index is 13.0. The molecule has 0 fully saturated rings. The molecule has 2 unspecified atom stereocenters. The molecule has 2 aromatic rings. The molecule has 7 heteroatoms. The third kappa shape index (κ3) is 6.28. The standard InChI is InChI=1S/C30H39N5O2/c1-20(2)16-30(4)28(37)35(29(31)34-30)19-23-14-12-22(13-15-23)17-32-18-27(36)33-21(3)25-11-7-9-24-8-5-6-10-26(24)25/h5-12,14,20-21,32H,13,15-19H2,1-4H3,(H2,31,34)(H,33,36). The summed E-state index contributed by atoms with van der Waals surface area (Å²) < 4.78 is 0. The van der Waals surface area contributed by atoms with E-state index in [2.05, 4.69) is 65.9 Å². The fraction of sp³-hybridized carbons (Fsp3) is 0.433. The number of carbonyl (C=O) groups is 2. The summed E-state index contributed by atoms with van der Waals surface area (Å²) >= 11 is 0. The number of guanidine groups is 1. The van der Waals surface area contributed by atoms with Gasteiger partial charge in [-0.1, -0.05) is 79.6 Å². The highest BCUT2D eigenvalue weighted by molar-refractivity contribution is 6.06. The Morgan fingerprint density at radius 1 is 1.08 bits per heavy atom. The number of amides is 2. The van der Waals surface area contributed by atoms with Crippen molar-refractivity contribution in [2.75, 3.05) is 19.6 Å². The number of benzene rings is 2. The minimum Gasteiger partial charge on any atom is -0.369 e. The third-order valence-corrected chi connectivity index (χ3v) is 7.14. The first kappa shape index (κ1) is 26.6. The molecule has 0 radical (unpaired) electrons. The Balaban J connectivity index is 1.25. The fourth-order valence-electron chi connectivity index (χ4n) is 5.38. The molecule has 1 aliphatic carbocycles. The van der Waals surface area contributed by atoms with Crippen LogP contribution in [0, 0.1) is 5.92 Å². The Morgan fingerprint density at radius 2 is 1.78 bits per heavy atom. The van der Waals surface area contributed by atoms with Crippen LogP contribution in [-0.4, -0.2) is 47.8 Å². The van der Waals surface area contributed by atoms with Gasteiger partial charge in [0, 0.05) is 6.54 Å². The molecule has 0 saturated carbocycles. The van der Waals surface area contributed by atoms with Crippen molar-refractivity contribution in [1.29, 1.82) is 0 Å². The summed E-state index contributed by atoms with van der Waals surface area (Å²) in [6, 6.07) is 14.3. The lowest BCUT2D eigenvalue weighted by atomic mass is 9.90. The van der Waals surface area contributed by atoms with Gasteiger partial charge in [0.15, 0.2) is 5.96 Å². The maximum atomic E-state index is 13.0. The van der Waals surface area contributed by atoms with Crippen molar-refractivity contribution in [3.05, 3.63) is 71.3 Å². The van der Waals surface area contributed by atoms with E-state index < -0.39 is 5.54 Å². The zero-order valence-corrected chi connectivity index (χ0v) is 22.4. The van der Waals surface area contributed by atoms with Crippen molar-refractivity contribution in [2.45, 2.75) is 58.5 Å². The summed E-state index contributed by atoms with van der Waals surface area (Å²) in [5.74, 6) is 0.634. The van der Waals surface area contributed by atoms with Gasteiger partial charge in [0.25, 0.3) is 5.91 Å². The number of carbonyl (C=O) groups excluding carboxylic acids is 2. The minimum absolute atomic E-state index is 0.0141. The molecule has 196 valence electrons. The largest absolute Gasteiger partial charge is 0.369 e. The minimum atomic E-state index is -0.760. The van der Waals surface area contributed by atoms with Gasteiger partial charge >= 0.3 is 0 Å². The third-order valence-electron chi connectivity index (χ3n) is 7.14. The van der Waals surface area contributed by atoms with Gasteiger partial charge in [-0.25, -0.2) is 4.99 Å². The molecule has 2 atom stereocenters. The predicted octanol–water partition coefficient (Wildman–Crippen LogP) is 4.21. The predicted molar refractivity (Wildman–Crippen MR) is 150 cm³/mol. The average molecular weight is 502 g/mol. The van der Waals surface area contributed by atoms with Crippen molar-refractivity contribution in [1.82, 2.24) is 15.5 Å². The number of fused-ring (bicyclic) bond motifs is 1. The summed E-state index contributed by atoms with van der Waals surface area (Å²) in [5.41, 5.74) is 8.87. The lowest BCUT2D eigenvalue weighted by Crippen LogP contribution is -2.44. The van der Waals surface area contributed by atoms with Crippen LogP contribution in [0.2, 0.25) is 0 Å². The second-order valence-corrected chi connectivity index (χ2v) is 10.8. The van der Waals surface area contributed by atoms with Crippen molar-refractivity contribution in [3.63, 3.8) is 0 Å². The first-order valence-corrected chi connectivity index (χ1v) is 13.2. The van der Waals surface area contributed by atoms with Gasteiger partial charge in [-0.05, 0) is 55.4 Å². The number of nitrogens with two attached hydrogens (primary N) is 1. The molecule has 1 heterocycles. The fourth-order valence-corrected chi connectivity index (χ4v) is 5.38. The summed E-state index contributed by atoms with van der Waals surface area (Å²) in [6.07, 6.45) is 6.59. The molecule has 0 spiro atoms. The molecular formula is C30H39N5O2. The maximum Gasteiger partial charge on any atom is 0.257 e. The average Bonchev–Trinajstić information content (AvgIpc) is 3.06. The molecule has 37 heavy (non-hydrogen) atoms. The van der Waals surface area contributed by atoms with Crippen molar-refractivity contribution in [3.8, 4) is 0 Å². The van der Waals surface area contributed by atoms with Crippen LogP contribution in [0.4, 0.5) is 0 Å². The number of rotatable bonds is 10. The summed E-state index contributed by atoms with van der Waals surface area (Å²) in [6.45, 7) is 9.46. The van der Waals surface area contributed by atoms with E-state index in [9.17, 15) is 9.59 Å². The van der Waals surface area contributed by atoms with E-state index in [0.717, 1.165) is 29.4 Å². The van der Waals surface area contributed by atoms with E-state index in [0.29, 0.717) is 31.4 Å². The highest BCUT2D eigenvalue weighted by Gasteiger charge is 2.44. The molecule has 0 bridgehead atoms. The van der Waals surface area contributed by atoms with E-state index in [-0.39, 0.29) is 24.4 Å². The van der Waals surface area contributed by atoms with E-state index in [1.807, 2.05) is 32.0 Å². The first-order valence-electron chi connectivity index (χ1n) is 13.2. The monoisotopic (exact) mass is 501 g/mol. The molecule has 2 aliphatic rings. The molecule has 0 aromatic heterocycles. The van der Waals surface area contributed by atoms with Crippen molar-refractivity contribution < 1.29 is 9.59 Å². The highest BCUT2D eigenvalue weighted by Crippen LogP contribution is 2.30. The summed E-state index contributed by atoms with van der Waals surface area (Å²) in [7, 11) is 0. The number of aliphatic imine (C=N–C) groups is 1. The quantitative estimate of drug-likeness (QED) is 0.454. The Labute approximate surface area is 219 Å². The molecule has 1 aliphatic heterocycles. The van der Waals surface area contributed by atoms with Crippen LogP contribution >= 0.6 is 0 Å². The van der Waals surface area contributed by atoms with Gasteiger partial charge in [-0.3, -0.25) is 14.5 Å². The number of nitrogens with one attached hydrogen (secondary N) is 2. The molecule has 2 aromatic carbocycles. The Kier molecular flexibility index (Phi) is 8.13. The van der Waals surface area contributed by atoms with Gasteiger partial charge < -0.3 is 16.4 Å². The lowest BCUT2D eigenvalue weighted by Gasteiger charge is -2.25. The molecular weight excluding hydrogens is 462 g/mol. The SMILES string of the molecule is CC(C)CC1(C)N=C(N)N(CC2=CC=C(CNCC(=O)NC(C)c3cccc4ccccc34)CC2)C1=O. The van der Waals surface area contributed by atoms with Crippen LogP contribution in [0.1, 0.15) is 58.6 Å². The Hall–Kier alpha value is -3.45. The molecule has 2 amide bonds. The van der Waals surface area contributed by atoms with Crippen LogP contribution in [-0.2, 0) is 9.59 Å². The summed E-state index contributed by atoms with van der Waals surface area (Å²) in [4.78, 5) is 31.7. The van der Waals surface area contributed by atoms with Crippen LogP contribution in [0.3, 0.4) is 0 Å². The zero-order valence-electron chi connectivity index (χ0n) is 22.4. The van der Waals surface area contributed by atoms with E-state index in [1.165, 1.54) is 11.0 Å². The summed E-state index contributed by atoms with van der Waals surface area (Å²) in [5, 5.41) is 8.71. The van der Waals surface area contributed by atoms with Gasteiger partial charge in [-0.15, -0.1) is 0 Å². The molecule has 4 rings (SSSR count). The normalized spacial score (nSPS) is 20.6. The van der Waals surface area contributed by atoms with Crippen molar-refractivity contribution >= 4 is 28.5 Å². The van der Waals surface area contributed by atoms with E-state index in [4.69, 9.17) is 5.73 Å². The van der Waals surface area contributed by atoms with E-state index in [1.54, 1.807) is 4.90 Å². The Morgan fingerprint density at radius 3 is 2.51 bits per heavy atom. The number of hydrogen-bond acceptors (Lipinski definition) is 5. The lowest BCUT2D eigenvalue weighted by molar-refractivity contribution is -0.131. The molecule has 4 N–H and O–H groups in total. The topological polar surface area (TPSA) is 99.8 Å². The Bertz CT molecular complexity index is 1260. The van der Waals surface area contributed by atoms with E-state index >= 15 is 0 Å². The highest BCUT2D eigenvalue weighted by atomic mass is 16.2. The van der Waals surface area contributed by atoms with Crippen LogP contribution in [0.5, 0.6) is 0 Å². The van der Waals surface area contributed by atoms with Crippen LogP contribution < -0.4 is 16.4 Å². The number of hydrogen-bond donors (Lipinski definition) is 3. The van der Waals surface area contributed by atoms with Crippen LogP contribution in [0.25, 0.3) is 10.8 Å². The second-order valence-electron chi connectivity index (χ2n) is 10.8. The van der Waals surface area contributed by atoms with Crippen molar-refractivity contribution in [2.24, 2.45) is 16.6 Å². The number of nitrogens with zero attached hydrogens (tertiary/aromatic N) is 2. The molecule has 7 nitrogen and oxygen atoms in total. The zero-order chi connectivity index (χ0) is 26.6. The second kappa shape index (κ2) is 11.3. The number of allylic oxidation sites excluding steroid dienone is 2.